The molecule has 0 aliphatic carbocycles. The van der Waals surface area contributed by atoms with Crippen LogP contribution in [-0.4, -0.2) is 10.2 Å². The first-order valence-electron chi connectivity index (χ1n) is 6.24. The van der Waals surface area contributed by atoms with E-state index in [4.69, 9.17) is 33.4 Å². The lowest BCUT2D eigenvalue weighted by atomic mass is 10.1. The molecule has 3 rings (SSSR count). The van der Waals surface area contributed by atoms with E-state index in [2.05, 4.69) is 10.2 Å². The molecular weight excluding hydrogens is 309 g/mol. The van der Waals surface area contributed by atoms with Crippen LogP contribution in [0.3, 0.4) is 0 Å². The highest BCUT2D eigenvalue weighted by Gasteiger charge is 2.17. The fourth-order valence-electron chi connectivity index (χ4n) is 1.91. The second-order valence-corrected chi connectivity index (χ2v) is 5.28. The van der Waals surface area contributed by atoms with Crippen molar-refractivity contribution in [2.45, 2.75) is 6.04 Å². The van der Waals surface area contributed by atoms with Gasteiger partial charge in [0.2, 0.25) is 11.8 Å². The summed E-state index contributed by atoms with van der Waals surface area (Å²) in [5.74, 6) is 0.706. The van der Waals surface area contributed by atoms with E-state index in [9.17, 15) is 0 Å². The Morgan fingerprint density at radius 1 is 0.952 bits per heavy atom. The third-order valence-corrected chi connectivity index (χ3v) is 3.77. The number of nitrogens with two attached hydrogens (primary N) is 1. The molecule has 1 atom stereocenters. The molecule has 4 nitrogen and oxygen atoms in total. The first-order valence-corrected chi connectivity index (χ1v) is 7.00. The van der Waals surface area contributed by atoms with E-state index >= 15 is 0 Å². The molecule has 0 aliphatic heterocycles. The fourth-order valence-corrected chi connectivity index (χ4v) is 2.21. The van der Waals surface area contributed by atoms with Crippen molar-refractivity contribution in [2.75, 3.05) is 0 Å². The van der Waals surface area contributed by atoms with E-state index in [1.165, 1.54) is 0 Å². The summed E-state index contributed by atoms with van der Waals surface area (Å²) < 4.78 is 5.63. The maximum atomic E-state index is 6.12. The first kappa shape index (κ1) is 14.1. The second-order valence-electron chi connectivity index (χ2n) is 4.46. The highest BCUT2D eigenvalue weighted by atomic mass is 35.5. The zero-order chi connectivity index (χ0) is 14.8. The van der Waals surface area contributed by atoms with Crippen molar-refractivity contribution in [3.8, 4) is 11.5 Å². The van der Waals surface area contributed by atoms with E-state index in [0.29, 0.717) is 27.4 Å². The Hall–Kier alpha value is -1.88. The average Bonchev–Trinajstić information content (AvgIpc) is 3.00. The lowest BCUT2D eigenvalue weighted by molar-refractivity contribution is 0.484. The lowest BCUT2D eigenvalue weighted by Gasteiger charge is -2.06. The van der Waals surface area contributed by atoms with Gasteiger partial charge in [0, 0.05) is 5.56 Å². The summed E-state index contributed by atoms with van der Waals surface area (Å²) in [6.45, 7) is 0. The molecule has 2 aromatic carbocycles. The van der Waals surface area contributed by atoms with E-state index in [0.717, 1.165) is 5.56 Å². The van der Waals surface area contributed by atoms with Gasteiger partial charge in [-0.05, 0) is 23.8 Å². The number of hydrogen-bond acceptors (Lipinski definition) is 4. The molecule has 1 heterocycles. The zero-order valence-corrected chi connectivity index (χ0v) is 12.3. The largest absolute Gasteiger partial charge is 0.419 e. The van der Waals surface area contributed by atoms with Crippen LogP contribution in [-0.2, 0) is 0 Å². The van der Waals surface area contributed by atoms with Crippen LogP contribution in [0.15, 0.2) is 52.9 Å². The van der Waals surface area contributed by atoms with Crippen molar-refractivity contribution in [1.29, 1.82) is 0 Å². The predicted molar refractivity (Wildman–Crippen MR) is 82.2 cm³/mol. The molecule has 0 fully saturated rings. The third kappa shape index (κ3) is 2.93. The highest BCUT2D eigenvalue weighted by molar-refractivity contribution is 6.42. The van der Waals surface area contributed by atoms with Gasteiger partial charge >= 0.3 is 0 Å². The molecule has 21 heavy (non-hydrogen) atoms. The number of hydrogen-bond donors (Lipinski definition) is 1. The molecule has 6 heteroatoms. The SMILES string of the molecule is NC(c1ccccc1)c1nnc(-c2ccc(Cl)c(Cl)c2)o1. The van der Waals surface area contributed by atoms with Crippen molar-refractivity contribution in [1.82, 2.24) is 10.2 Å². The molecule has 0 bridgehead atoms. The lowest BCUT2D eigenvalue weighted by Crippen LogP contribution is -2.11. The van der Waals surface area contributed by atoms with Crippen molar-refractivity contribution in [3.05, 3.63) is 70.0 Å². The summed E-state index contributed by atoms with van der Waals surface area (Å²) in [5, 5.41) is 8.91. The topological polar surface area (TPSA) is 64.9 Å². The smallest absolute Gasteiger partial charge is 0.247 e. The molecule has 0 amide bonds. The normalized spacial score (nSPS) is 12.3. The molecule has 106 valence electrons. The Morgan fingerprint density at radius 3 is 2.43 bits per heavy atom. The summed E-state index contributed by atoms with van der Waals surface area (Å²) in [5.41, 5.74) is 7.72. The minimum absolute atomic E-state index is 0.349. The molecule has 1 unspecified atom stereocenters. The Bertz CT molecular complexity index is 759. The summed E-state index contributed by atoms with van der Waals surface area (Å²) in [6, 6.07) is 14.2. The van der Waals surface area contributed by atoms with E-state index in [-0.39, 0.29) is 0 Å². The maximum Gasteiger partial charge on any atom is 0.247 e. The Balaban J connectivity index is 1.91. The maximum absolute atomic E-state index is 6.12. The van der Waals surface area contributed by atoms with E-state index in [1.54, 1.807) is 18.2 Å². The van der Waals surface area contributed by atoms with E-state index < -0.39 is 6.04 Å². The molecule has 3 aromatic rings. The monoisotopic (exact) mass is 319 g/mol. The average molecular weight is 320 g/mol. The molecule has 0 saturated carbocycles. The molecule has 0 aliphatic rings. The van der Waals surface area contributed by atoms with Gasteiger partial charge < -0.3 is 10.2 Å². The van der Waals surface area contributed by atoms with Crippen molar-refractivity contribution in [2.24, 2.45) is 5.73 Å². The molecule has 2 N–H and O–H groups in total. The zero-order valence-electron chi connectivity index (χ0n) is 10.8. The first-order chi connectivity index (χ1) is 10.1. The summed E-state index contributed by atoms with van der Waals surface area (Å²) in [6.07, 6.45) is 0. The molecule has 0 saturated heterocycles. The number of aromatic nitrogens is 2. The van der Waals surface area contributed by atoms with Gasteiger partial charge in [-0.25, -0.2) is 0 Å². The second kappa shape index (κ2) is 5.85. The summed E-state index contributed by atoms with van der Waals surface area (Å²) in [4.78, 5) is 0. The van der Waals surface area contributed by atoms with Gasteiger partial charge in [0.15, 0.2) is 0 Å². The number of rotatable bonds is 3. The summed E-state index contributed by atoms with van der Waals surface area (Å²) >= 11 is 11.9. The standard InChI is InChI=1S/C15H11Cl2N3O/c16-11-7-6-10(8-12(11)17)14-19-20-15(21-14)13(18)9-4-2-1-3-5-9/h1-8,13H,18H2. The Labute approximate surface area is 131 Å². The highest BCUT2D eigenvalue weighted by Crippen LogP contribution is 2.29. The molecule has 0 radical (unpaired) electrons. The molecular formula is C15H11Cl2N3O. The Morgan fingerprint density at radius 2 is 1.71 bits per heavy atom. The van der Waals surface area contributed by atoms with Crippen LogP contribution in [0.1, 0.15) is 17.5 Å². The van der Waals surface area contributed by atoms with Gasteiger partial charge in [-0.3, -0.25) is 0 Å². The van der Waals surface area contributed by atoms with Crippen LogP contribution in [0, 0.1) is 0 Å². The predicted octanol–water partition coefficient (Wildman–Crippen LogP) is 4.09. The third-order valence-electron chi connectivity index (χ3n) is 3.03. The van der Waals surface area contributed by atoms with Crippen molar-refractivity contribution >= 4 is 23.2 Å². The minimum atomic E-state index is -0.463. The van der Waals surface area contributed by atoms with E-state index in [1.807, 2.05) is 30.3 Å². The molecule has 0 spiro atoms. The number of nitrogens with zero attached hydrogens (tertiary/aromatic N) is 2. The summed E-state index contributed by atoms with van der Waals surface area (Å²) in [7, 11) is 0. The van der Waals surface area contributed by atoms with Crippen LogP contribution in [0.25, 0.3) is 11.5 Å². The fraction of sp³-hybridized carbons (Fsp3) is 0.0667. The number of halogens is 2. The van der Waals surface area contributed by atoms with Crippen LogP contribution < -0.4 is 5.73 Å². The van der Waals surface area contributed by atoms with Gasteiger partial charge in [0.25, 0.3) is 0 Å². The van der Waals surface area contributed by atoms with Gasteiger partial charge in [-0.15, -0.1) is 10.2 Å². The van der Waals surface area contributed by atoms with Crippen LogP contribution in [0.5, 0.6) is 0 Å². The van der Waals surface area contributed by atoms with Gasteiger partial charge in [-0.1, -0.05) is 53.5 Å². The van der Waals surface area contributed by atoms with Gasteiger partial charge in [-0.2, -0.15) is 0 Å². The van der Waals surface area contributed by atoms with Crippen LogP contribution in [0.4, 0.5) is 0 Å². The van der Waals surface area contributed by atoms with Crippen molar-refractivity contribution in [3.63, 3.8) is 0 Å². The van der Waals surface area contributed by atoms with Crippen LogP contribution in [0.2, 0.25) is 10.0 Å². The van der Waals surface area contributed by atoms with Gasteiger partial charge in [0.1, 0.15) is 6.04 Å². The minimum Gasteiger partial charge on any atom is -0.419 e. The quantitative estimate of drug-likeness (QED) is 0.789. The Kier molecular flexibility index (Phi) is 3.92. The van der Waals surface area contributed by atoms with Crippen LogP contribution >= 0.6 is 23.2 Å². The molecule has 1 aromatic heterocycles. The number of benzene rings is 2. The van der Waals surface area contributed by atoms with Crippen molar-refractivity contribution < 1.29 is 4.42 Å². The van der Waals surface area contributed by atoms with Gasteiger partial charge in [0.05, 0.1) is 10.0 Å².